The molecule has 0 amide bonds. The number of carbonyl (C=O) groups is 1. The maximum Gasteiger partial charge on any atom is 0.335 e. The first-order valence-electron chi connectivity index (χ1n) is 3.09. The van der Waals surface area contributed by atoms with Crippen molar-refractivity contribution in [1.29, 1.82) is 0 Å². The van der Waals surface area contributed by atoms with E-state index >= 15 is 0 Å². The molecule has 0 aliphatic carbocycles. The summed E-state index contributed by atoms with van der Waals surface area (Å²) in [6, 6.07) is -1.82. The molecular weight excluding hydrogens is 296 g/mol. The van der Waals surface area contributed by atoms with Crippen LogP contribution in [0.2, 0.25) is 25.1 Å². The smallest absolute Gasteiger partial charge is 0.255 e. The Bertz CT molecular complexity index is 388. The fraction of sp³-hybridized carbons (Fsp3) is 0. The van der Waals surface area contributed by atoms with Gasteiger partial charge in [-0.25, -0.2) is 0 Å². The summed E-state index contributed by atoms with van der Waals surface area (Å²) < 4.78 is 12.5. The first-order chi connectivity index (χ1) is 6.37. The van der Waals surface area contributed by atoms with Gasteiger partial charge in [0.05, 0.1) is 30.7 Å². The second kappa shape index (κ2) is 4.42. The Labute approximate surface area is 104 Å². The minimum absolute atomic E-state index is 0.117. The van der Waals surface area contributed by atoms with Crippen molar-refractivity contribution in [3.63, 3.8) is 0 Å². The molecule has 76 valence electrons. The van der Waals surface area contributed by atoms with Crippen LogP contribution in [-0.4, -0.2) is 6.04 Å². The monoisotopic (exact) mass is 294 g/mol. The van der Waals surface area contributed by atoms with Gasteiger partial charge < -0.3 is 0 Å². The van der Waals surface area contributed by atoms with E-state index in [1.54, 1.807) is 0 Å². The van der Waals surface area contributed by atoms with Crippen molar-refractivity contribution in [1.82, 2.24) is 0 Å². The molecule has 0 spiro atoms. The van der Waals surface area contributed by atoms with Gasteiger partial charge in [-0.05, 0) is 0 Å². The molecule has 14 heavy (non-hydrogen) atoms. The molecule has 0 unspecified atom stereocenters. The molecule has 1 nitrogen and oxygen atoms in total. The predicted octanol–water partition coefficient (Wildman–Crippen LogP) is 5.06. The largest absolute Gasteiger partial charge is 0.335 e. The predicted molar refractivity (Wildman–Crippen MR) is 56.9 cm³/mol. The molecule has 0 atom stereocenters. The highest BCUT2D eigenvalue weighted by Crippen LogP contribution is 2.43. The molecule has 0 bridgehead atoms. The third kappa shape index (κ3) is 1.95. The molecule has 0 aliphatic heterocycles. The second-order valence-corrected chi connectivity index (χ2v) is 4.11. The molecule has 0 heterocycles. The average Bonchev–Trinajstić information content (AvgIpc) is 2.11. The molecule has 7 heteroatoms. The minimum atomic E-state index is -1.82. The Morgan fingerprint density at radius 3 is 1.36 bits per heavy atom. The Morgan fingerprint density at radius 1 is 0.786 bits per heavy atom. The Morgan fingerprint density at radius 2 is 1.07 bits per heavy atom. The van der Waals surface area contributed by atoms with Gasteiger partial charge in [-0.15, -0.1) is 0 Å². The summed E-state index contributed by atoms with van der Waals surface area (Å²) in [5.41, 5.74) is -0.576. The molecule has 0 aliphatic rings. The van der Waals surface area contributed by atoms with Crippen molar-refractivity contribution in [2.24, 2.45) is 0 Å². The number of halogens is 6. The summed E-state index contributed by atoms with van der Waals surface area (Å²) >= 11 is 27.9. The highest BCUT2D eigenvalue weighted by molar-refractivity contribution is 6.56. The summed E-state index contributed by atoms with van der Waals surface area (Å²) in [7, 11) is 0. The highest BCUT2D eigenvalue weighted by Gasteiger charge is 2.23. The molecular formula is C7Cl5FO. The molecule has 1 aromatic carbocycles. The van der Waals surface area contributed by atoms with Crippen molar-refractivity contribution in [3.05, 3.63) is 30.7 Å². The topological polar surface area (TPSA) is 17.1 Å². The van der Waals surface area contributed by atoms with Crippen molar-refractivity contribution in [2.45, 2.75) is 0 Å². The molecule has 0 saturated heterocycles. The van der Waals surface area contributed by atoms with Gasteiger partial charge in [-0.3, -0.25) is 4.79 Å². The summed E-state index contributed by atoms with van der Waals surface area (Å²) in [5, 5.41) is -1.22. The third-order valence-electron chi connectivity index (χ3n) is 1.41. The zero-order valence-electron chi connectivity index (χ0n) is 6.18. The van der Waals surface area contributed by atoms with Crippen molar-refractivity contribution < 1.29 is 9.18 Å². The van der Waals surface area contributed by atoms with Gasteiger partial charge in [-0.1, -0.05) is 58.0 Å². The number of benzene rings is 1. The molecule has 1 rings (SSSR count). The summed E-state index contributed by atoms with van der Waals surface area (Å²) in [4.78, 5) is 10.5. The quantitative estimate of drug-likeness (QED) is 0.402. The molecule has 0 saturated carbocycles. The van der Waals surface area contributed by atoms with E-state index in [0.717, 1.165) is 0 Å². The van der Waals surface area contributed by atoms with E-state index in [-0.39, 0.29) is 25.1 Å². The van der Waals surface area contributed by atoms with Crippen molar-refractivity contribution >= 4 is 64.0 Å². The minimum Gasteiger partial charge on any atom is -0.255 e. The van der Waals surface area contributed by atoms with Crippen LogP contribution in [0.4, 0.5) is 4.39 Å². The van der Waals surface area contributed by atoms with Crippen LogP contribution in [0.3, 0.4) is 0 Å². The number of carbonyl (C=O) groups excluding carboxylic acids is 1. The van der Waals surface area contributed by atoms with Gasteiger partial charge >= 0.3 is 6.04 Å². The lowest BCUT2D eigenvalue weighted by Gasteiger charge is -2.07. The van der Waals surface area contributed by atoms with Gasteiger partial charge in [0.15, 0.2) is 0 Å². The third-order valence-corrected chi connectivity index (χ3v) is 3.68. The van der Waals surface area contributed by atoms with Gasteiger partial charge in [0.25, 0.3) is 0 Å². The van der Waals surface area contributed by atoms with Gasteiger partial charge in [0.2, 0.25) is 0 Å². The fourth-order valence-corrected chi connectivity index (χ4v) is 2.06. The van der Waals surface area contributed by atoms with Crippen molar-refractivity contribution in [3.8, 4) is 0 Å². The van der Waals surface area contributed by atoms with Crippen LogP contribution in [0.1, 0.15) is 10.4 Å². The van der Waals surface area contributed by atoms with Crippen LogP contribution in [-0.2, 0) is 0 Å². The van der Waals surface area contributed by atoms with E-state index in [2.05, 4.69) is 0 Å². The first-order valence-corrected chi connectivity index (χ1v) is 4.98. The number of hydrogen-bond acceptors (Lipinski definition) is 1. The molecule has 0 fully saturated rings. The zero-order valence-corrected chi connectivity index (χ0v) is 9.96. The lowest BCUT2D eigenvalue weighted by molar-refractivity contribution is 0.0836. The molecule has 0 aromatic heterocycles. The zero-order chi connectivity index (χ0) is 11.0. The van der Waals surface area contributed by atoms with Crippen LogP contribution in [0.5, 0.6) is 0 Å². The number of hydrogen-bond donors (Lipinski definition) is 0. The van der Waals surface area contributed by atoms with Crippen LogP contribution in [0.15, 0.2) is 0 Å². The summed E-state index contributed by atoms with van der Waals surface area (Å²) in [6.07, 6.45) is 0. The Balaban J connectivity index is 3.68. The van der Waals surface area contributed by atoms with E-state index in [4.69, 9.17) is 58.0 Å². The van der Waals surface area contributed by atoms with Crippen LogP contribution < -0.4 is 0 Å². The van der Waals surface area contributed by atoms with Crippen LogP contribution in [0, 0.1) is 0 Å². The van der Waals surface area contributed by atoms with E-state index in [1.807, 2.05) is 0 Å². The molecule has 1 aromatic rings. The first kappa shape index (κ1) is 12.3. The lowest BCUT2D eigenvalue weighted by Crippen LogP contribution is -1.95. The van der Waals surface area contributed by atoms with E-state index < -0.39 is 11.6 Å². The standard InChI is InChI=1S/C7Cl5FO/c8-2-1(7(13)14)3(9)5(11)6(12)4(2)10. The maximum absolute atomic E-state index is 12.5. The molecule has 0 radical (unpaired) electrons. The van der Waals surface area contributed by atoms with Crippen LogP contribution in [0.25, 0.3) is 0 Å². The fourth-order valence-electron chi connectivity index (χ4n) is 0.777. The van der Waals surface area contributed by atoms with E-state index in [1.165, 1.54) is 0 Å². The lowest BCUT2D eigenvalue weighted by atomic mass is 10.2. The maximum atomic E-state index is 12.5. The van der Waals surface area contributed by atoms with Crippen molar-refractivity contribution in [2.75, 3.05) is 0 Å². The Hall–Kier alpha value is 0.270. The average molecular weight is 296 g/mol. The summed E-state index contributed by atoms with van der Waals surface area (Å²) in [6.45, 7) is 0. The van der Waals surface area contributed by atoms with E-state index in [0.29, 0.717) is 0 Å². The van der Waals surface area contributed by atoms with E-state index in [9.17, 15) is 9.18 Å². The summed E-state index contributed by atoms with van der Waals surface area (Å²) in [5.74, 6) is 0. The highest BCUT2D eigenvalue weighted by atomic mass is 35.5. The van der Waals surface area contributed by atoms with Gasteiger partial charge in [-0.2, -0.15) is 4.39 Å². The normalized spacial score (nSPS) is 10.4. The van der Waals surface area contributed by atoms with Gasteiger partial charge in [0, 0.05) is 0 Å². The van der Waals surface area contributed by atoms with Crippen LogP contribution >= 0.6 is 58.0 Å². The SMILES string of the molecule is O=C(F)c1c(Cl)c(Cl)c(Cl)c(Cl)c1Cl. The Kier molecular flexibility index (Phi) is 3.89. The van der Waals surface area contributed by atoms with Gasteiger partial charge in [0.1, 0.15) is 0 Å². The molecule has 0 N–H and O–H groups in total. The second-order valence-electron chi connectivity index (χ2n) is 2.22. The number of rotatable bonds is 1.